The van der Waals surface area contributed by atoms with Crippen LogP contribution in [0.1, 0.15) is 17.4 Å². The zero-order valence-electron chi connectivity index (χ0n) is 12.4. The van der Waals surface area contributed by atoms with Crippen LogP contribution in [0.3, 0.4) is 0 Å². The van der Waals surface area contributed by atoms with Crippen molar-refractivity contribution in [3.8, 4) is 5.75 Å². The first-order chi connectivity index (χ1) is 11.7. The molecule has 130 valence electrons. The maximum Gasteiger partial charge on any atom is 0.573 e. The van der Waals surface area contributed by atoms with Gasteiger partial charge >= 0.3 is 6.36 Å². The summed E-state index contributed by atoms with van der Waals surface area (Å²) in [6.07, 6.45) is -6.04. The van der Waals surface area contributed by atoms with Gasteiger partial charge in [0.15, 0.2) is 0 Å². The van der Waals surface area contributed by atoms with Crippen molar-refractivity contribution in [1.29, 1.82) is 0 Å². The van der Waals surface area contributed by atoms with Crippen LogP contribution < -0.4 is 4.74 Å². The van der Waals surface area contributed by atoms with Crippen LogP contribution in [0.15, 0.2) is 52.9 Å². The number of fused-ring (bicyclic) bond motifs is 1. The largest absolute Gasteiger partial charge is 0.573 e. The van der Waals surface area contributed by atoms with Crippen molar-refractivity contribution in [2.75, 3.05) is 0 Å². The number of aliphatic hydroxyl groups excluding tert-OH is 1. The van der Waals surface area contributed by atoms with Crippen molar-refractivity contribution in [2.45, 2.75) is 12.5 Å². The number of nitro groups is 1. The van der Waals surface area contributed by atoms with Gasteiger partial charge in [-0.1, -0.05) is 12.1 Å². The smallest absolute Gasteiger partial charge is 0.458 e. The molecule has 0 amide bonds. The van der Waals surface area contributed by atoms with Gasteiger partial charge < -0.3 is 14.3 Å². The lowest BCUT2D eigenvalue weighted by molar-refractivity contribution is -0.384. The molecule has 1 atom stereocenters. The molecule has 0 bridgehead atoms. The Morgan fingerprint density at radius 1 is 1.12 bits per heavy atom. The maximum atomic E-state index is 12.1. The summed E-state index contributed by atoms with van der Waals surface area (Å²) in [6.45, 7) is 0. The number of halogens is 3. The number of furan rings is 1. The van der Waals surface area contributed by atoms with Crippen LogP contribution in [0.25, 0.3) is 11.0 Å². The van der Waals surface area contributed by atoms with Crippen LogP contribution in [0.2, 0.25) is 0 Å². The Morgan fingerprint density at radius 3 is 2.40 bits per heavy atom. The predicted molar refractivity (Wildman–Crippen MR) is 80.1 cm³/mol. The van der Waals surface area contributed by atoms with E-state index in [-0.39, 0.29) is 17.0 Å². The highest BCUT2D eigenvalue weighted by atomic mass is 19.4. The fourth-order valence-corrected chi connectivity index (χ4v) is 2.32. The van der Waals surface area contributed by atoms with Gasteiger partial charge in [0.1, 0.15) is 23.2 Å². The first kappa shape index (κ1) is 16.8. The van der Waals surface area contributed by atoms with Crippen LogP contribution in [0.5, 0.6) is 5.75 Å². The molecule has 2 aromatic carbocycles. The predicted octanol–water partition coefficient (Wildman–Crippen LogP) is 4.32. The molecule has 0 saturated heterocycles. The number of hydrogen-bond acceptors (Lipinski definition) is 5. The second-order valence-corrected chi connectivity index (χ2v) is 5.15. The third-order valence-electron chi connectivity index (χ3n) is 3.43. The third-order valence-corrected chi connectivity index (χ3v) is 3.43. The zero-order valence-corrected chi connectivity index (χ0v) is 12.4. The fourth-order valence-electron chi connectivity index (χ4n) is 2.32. The van der Waals surface area contributed by atoms with Gasteiger partial charge in [0, 0.05) is 17.5 Å². The number of ether oxygens (including phenoxy) is 1. The van der Waals surface area contributed by atoms with Gasteiger partial charge in [-0.2, -0.15) is 0 Å². The SMILES string of the molecule is O=[N+]([O-])c1ccc2oc(C(O)c3ccc(OC(F)(F)F)cc3)cc2c1. The second-order valence-electron chi connectivity index (χ2n) is 5.15. The molecular formula is C16H10F3NO5. The van der Waals surface area contributed by atoms with E-state index in [0.717, 1.165) is 12.1 Å². The third kappa shape index (κ3) is 3.72. The summed E-state index contributed by atoms with van der Waals surface area (Å²) in [7, 11) is 0. The van der Waals surface area contributed by atoms with Gasteiger partial charge in [0.05, 0.1) is 4.92 Å². The van der Waals surface area contributed by atoms with Crippen LogP contribution in [0.4, 0.5) is 18.9 Å². The lowest BCUT2D eigenvalue weighted by Crippen LogP contribution is -2.17. The molecule has 0 aliphatic carbocycles. The molecule has 3 aromatic rings. The molecule has 6 nitrogen and oxygen atoms in total. The van der Waals surface area contributed by atoms with Gasteiger partial charge in [-0.25, -0.2) is 0 Å². The van der Waals surface area contributed by atoms with E-state index in [1.165, 1.54) is 36.4 Å². The van der Waals surface area contributed by atoms with Gasteiger partial charge in [-0.3, -0.25) is 10.1 Å². The van der Waals surface area contributed by atoms with Gasteiger partial charge in [0.2, 0.25) is 0 Å². The monoisotopic (exact) mass is 353 g/mol. The molecule has 0 radical (unpaired) electrons. The van der Waals surface area contributed by atoms with Crippen molar-refractivity contribution in [3.05, 3.63) is 70.0 Å². The topological polar surface area (TPSA) is 85.7 Å². The normalized spacial score (nSPS) is 13.0. The summed E-state index contributed by atoms with van der Waals surface area (Å²) in [6, 6.07) is 10.1. The first-order valence-corrected chi connectivity index (χ1v) is 6.94. The standard InChI is InChI=1S/C16H10F3NO5/c17-16(18,19)25-12-4-1-9(2-5-12)15(21)14-8-10-7-11(20(22)23)3-6-13(10)24-14/h1-8,15,21H. The summed E-state index contributed by atoms with van der Waals surface area (Å²) < 4.78 is 45.6. The van der Waals surface area contributed by atoms with Crippen LogP contribution in [0, 0.1) is 10.1 Å². The number of rotatable bonds is 4. The maximum absolute atomic E-state index is 12.1. The van der Waals surface area contributed by atoms with Crippen LogP contribution >= 0.6 is 0 Å². The number of non-ortho nitro benzene ring substituents is 1. The van der Waals surface area contributed by atoms with Crippen molar-refractivity contribution in [3.63, 3.8) is 0 Å². The van der Waals surface area contributed by atoms with E-state index in [1.54, 1.807) is 0 Å². The van der Waals surface area contributed by atoms with E-state index in [1.807, 2.05) is 0 Å². The minimum atomic E-state index is -4.80. The minimum Gasteiger partial charge on any atom is -0.458 e. The quantitative estimate of drug-likeness (QED) is 0.558. The van der Waals surface area contributed by atoms with Gasteiger partial charge in [-0.15, -0.1) is 13.2 Å². The molecule has 1 N–H and O–H groups in total. The molecule has 1 aromatic heterocycles. The Hall–Kier alpha value is -3.07. The second kappa shape index (κ2) is 6.10. The minimum absolute atomic E-state index is 0.111. The lowest BCUT2D eigenvalue weighted by Gasteiger charge is -2.11. The summed E-state index contributed by atoms with van der Waals surface area (Å²) >= 11 is 0. The summed E-state index contributed by atoms with van der Waals surface area (Å²) in [5.41, 5.74) is 0.503. The van der Waals surface area contributed by atoms with E-state index in [4.69, 9.17) is 4.42 Å². The molecule has 1 heterocycles. The molecule has 1 unspecified atom stereocenters. The number of aliphatic hydroxyl groups is 1. The van der Waals surface area contributed by atoms with E-state index in [2.05, 4.69) is 4.74 Å². The number of nitro benzene ring substituents is 1. The lowest BCUT2D eigenvalue weighted by atomic mass is 10.1. The first-order valence-electron chi connectivity index (χ1n) is 6.94. The average Bonchev–Trinajstić information content (AvgIpc) is 2.96. The summed E-state index contributed by atoms with van der Waals surface area (Å²) in [5, 5.41) is 21.5. The summed E-state index contributed by atoms with van der Waals surface area (Å²) in [5.74, 6) is -0.302. The Balaban J connectivity index is 1.86. The van der Waals surface area contributed by atoms with Gasteiger partial charge in [-0.05, 0) is 29.8 Å². The average molecular weight is 353 g/mol. The van der Waals surface area contributed by atoms with Crippen molar-refractivity contribution in [1.82, 2.24) is 0 Å². The van der Waals surface area contributed by atoms with E-state index < -0.39 is 23.1 Å². The van der Waals surface area contributed by atoms with Crippen LogP contribution in [-0.4, -0.2) is 16.4 Å². The van der Waals surface area contributed by atoms with Gasteiger partial charge in [0.25, 0.3) is 5.69 Å². The molecule has 0 saturated carbocycles. The van der Waals surface area contributed by atoms with Crippen molar-refractivity contribution < 1.29 is 32.4 Å². The molecule has 0 spiro atoms. The van der Waals surface area contributed by atoms with E-state index in [9.17, 15) is 28.4 Å². The highest BCUT2D eigenvalue weighted by molar-refractivity contribution is 5.80. The highest BCUT2D eigenvalue weighted by Crippen LogP contribution is 2.31. The Bertz CT molecular complexity index is 918. The fraction of sp³-hybridized carbons (Fsp3) is 0.125. The van der Waals surface area contributed by atoms with Crippen molar-refractivity contribution >= 4 is 16.7 Å². The van der Waals surface area contributed by atoms with Crippen molar-refractivity contribution in [2.24, 2.45) is 0 Å². The Labute approximate surface area is 138 Å². The number of benzene rings is 2. The molecule has 25 heavy (non-hydrogen) atoms. The van der Waals surface area contributed by atoms with E-state index in [0.29, 0.717) is 11.0 Å². The number of hydrogen-bond donors (Lipinski definition) is 1. The number of alkyl halides is 3. The van der Waals surface area contributed by atoms with Crippen LogP contribution in [-0.2, 0) is 0 Å². The Kier molecular flexibility index (Phi) is 4.09. The molecule has 3 rings (SSSR count). The molecule has 0 aliphatic rings. The number of nitrogens with zero attached hydrogens (tertiary/aromatic N) is 1. The van der Waals surface area contributed by atoms with E-state index >= 15 is 0 Å². The highest BCUT2D eigenvalue weighted by Gasteiger charge is 2.31. The molecule has 9 heteroatoms. The Morgan fingerprint density at radius 2 is 1.80 bits per heavy atom. The zero-order chi connectivity index (χ0) is 18.2. The molecule has 0 fully saturated rings. The molecule has 0 aliphatic heterocycles. The molecular weight excluding hydrogens is 343 g/mol. The summed E-state index contributed by atoms with van der Waals surface area (Å²) in [4.78, 5) is 10.2.